The van der Waals surface area contributed by atoms with E-state index in [2.05, 4.69) is 18.8 Å². The third-order valence-electron chi connectivity index (χ3n) is 4.16. The monoisotopic (exact) mass is 270 g/mol. The minimum atomic E-state index is 0.317. The Morgan fingerprint density at radius 1 is 1.10 bits per heavy atom. The number of aromatic nitrogens is 1. The Bertz CT molecular complexity index is 601. The number of nitrogen functional groups attached to an aromatic ring is 1. The third-order valence-corrected chi connectivity index (χ3v) is 4.16. The fourth-order valence-corrected chi connectivity index (χ4v) is 3.39. The average Bonchev–Trinajstić information content (AvgIpc) is 2.37. The number of fused-ring (bicyclic) bond motifs is 1. The second-order valence-corrected chi connectivity index (χ2v) is 6.24. The van der Waals surface area contributed by atoms with Crippen molar-refractivity contribution in [3.63, 3.8) is 0 Å². The van der Waals surface area contributed by atoms with Gasteiger partial charge in [0.2, 0.25) is 0 Å². The van der Waals surface area contributed by atoms with Gasteiger partial charge < -0.3 is 10.5 Å². The molecule has 2 unspecified atom stereocenters. The van der Waals surface area contributed by atoms with Crippen LogP contribution < -0.4 is 10.5 Å². The van der Waals surface area contributed by atoms with Crippen molar-refractivity contribution in [2.24, 2.45) is 11.8 Å². The molecule has 3 rings (SSSR count). The molecule has 1 heterocycles. The Labute approximate surface area is 120 Å². The minimum Gasteiger partial charge on any atom is -0.490 e. The van der Waals surface area contributed by atoms with E-state index >= 15 is 0 Å². The molecule has 0 aliphatic heterocycles. The van der Waals surface area contributed by atoms with Crippen LogP contribution in [0.3, 0.4) is 0 Å². The standard InChI is InChI=1S/C17H22N2O/c1-11-7-12(2)9-14(8-11)20-17-5-6-19-16-10-13(18)3-4-15(16)17/h3-6,10-12,14H,7-9,18H2,1-2H3. The molecule has 1 aromatic heterocycles. The first-order valence-electron chi connectivity index (χ1n) is 7.42. The summed E-state index contributed by atoms with van der Waals surface area (Å²) in [5.41, 5.74) is 7.45. The quantitative estimate of drug-likeness (QED) is 0.838. The fraction of sp³-hybridized carbons (Fsp3) is 0.471. The number of benzene rings is 1. The molecule has 0 saturated heterocycles. The lowest BCUT2D eigenvalue weighted by Gasteiger charge is -2.31. The molecule has 2 atom stereocenters. The maximum Gasteiger partial charge on any atom is 0.130 e. The van der Waals surface area contributed by atoms with Gasteiger partial charge in [-0.3, -0.25) is 4.98 Å². The van der Waals surface area contributed by atoms with Gasteiger partial charge in [-0.15, -0.1) is 0 Å². The highest BCUT2D eigenvalue weighted by Crippen LogP contribution is 2.33. The van der Waals surface area contributed by atoms with Gasteiger partial charge in [-0.25, -0.2) is 0 Å². The highest BCUT2D eigenvalue weighted by molar-refractivity contribution is 5.87. The molecule has 0 bridgehead atoms. The first-order valence-corrected chi connectivity index (χ1v) is 7.42. The van der Waals surface area contributed by atoms with Gasteiger partial charge in [-0.05, 0) is 55.4 Å². The van der Waals surface area contributed by atoms with Gasteiger partial charge in [0.05, 0.1) is 11.6 Å². The maximum absolute atomic E-state index is 6.27. The van der Waals surface area contributed by atoms with Crippen molar-refractivity contribution in [1.82, 2.24) is 4.98 Å². The van der Waals surface area contributed by atoms with Crippen molar-refractivity contribution in [2.75, 3.05) is 5.73 Å². The lowest BCUT2D eigenvalue weighted by atomic mass is 9.82. The summed E-state index contributed by atoms with van der Waals surface area (Å²) in [6, 6.07) is 7.77. The molecule has 2 aromatic rings. The molecule has 20 heavy (non-hydrogen) atoms. The Kier molecular flexibility index (Phi) is 3.51. The normalized spacial score (nSPS) is 26.6. The zero-order chi connectivity index (χ0) is 14.1. The van der Waals surface area contributed by atoms with Gasteiger partial charge in [0.25, 0.3) is 0 Å². The molecule has 1 aromatic carbocycles. The van der Waals surface area contributed by atoms with E-state index in [-0.39, 0.29) is 0 Å². The number of ether oxygens (including phenoxy) is 1. The van der Waals surface area contributed by atoms with Crippen LogP contribution in [0.2, 0.25) is 0 Å². The molecule has 3 heteroatoms. The van der Waals surface area contributed by atoms with E-state index in [0.29, 0.717) is 6.10 Å². The molecule has 3 nitrogen and oxygen atoms in total. The summed E-state index contributed by atoms with van der Waals surface area (Å²) in [6.45, 7) is 4.63. The van der Waals surface area contributed by atoms with Crippen LogP contribution in [0.5, 0.6) is 5.75 Å². The molecule has 1 fully saturated rings. The number of hydrogen-bond acceptors (Lipinski definition) is 3. The lowest BCUT2D eigenvalue weighted by Crippen LogP contribution is -2.28. The van der Waals surface area contributed by atoms with E-state index in [1.165, 1.54) is 6.42 Å². The van der Waals surface area contributed by atoms with Gasteiger partial charge in [0, 0.05) is 17.3 Å². The topological polar surface area (TPSA) is 48.1 Å². The Morgan fingerprint density at radius 3 is 2.60 bits per heavy atom. The maximum atomic E-state index is 6.27. The largest absolute Gasteiger partial charge is 0.490 e. The smallest absolute Gasteiger partial charge is 0.130 e. The highest BCUT2D eigenvalue weighted by Gasteiger charge is 2.25. The van der Waals surface area contributed by atoms with Crippen molar-refractivity contribution in [2.45, 2.75) is 39.2 Å². The second-order valence-electron chi connectivity index (χ2n) is 6.24. The van der Waals surface area contributed by atoms with E-state index in [9.17, 15) is 0 Å². The average molecular weight is 270 g/mol. The van der Waals surface area contributed by atoms with Crippen LogP contribution in [0.25, 0.3) is 10.9 Å². The van der Waals surface area contributed by atoms with Gasteiger partial charge in [0.1, 0.15) is 5.75 Å². The van der Waals surface area contributed by atoms with Crippen molar-refractivity contribution < 1.29 is 4.74 Å². The van der Waals surface area contributed by atoms with E-state index in [0.717, 1.165) is 47.0 Å². The number of hydrogen-bond donors (Lipinski definition) is 1. The number of pyridine rings is 1. The SMILES string of the molecule is CC1CC(C)CC(Oc2ccnc3cc(N)ccc23)C1. The van der Waals surface area contributed by atoms with E-state index in [1.54, 1.807) is 6.20 Å². The summed E-state index contributed by atoms with van der Waals surface area (Å²) >= 11 is 0. The molecule has 0 spiro atoms. The van der Waals surface area contributed by atoms with Crippen LogP contribution in [0.4, 0.5) is 5.69 Å². The molecular weight excluding hydrogens is 248 g/mol. The Morgan fingerprint density at radius 2 is 1.85 bits per heavy atom. The second kappa shape index (κ2) is 5.31. The van der Waals surface area contributed by atoms with Gasteiger partial charge in [-0.1, -0.05) is 13.8 Å². The third kappa shape index (κ3) is 2.72. The predicted octanol–water partition coefficient (Wildman–Crippen LogP) is 4.02. The molecule has 2 N–H and O–H groups in total. The minimum absolute atomic E-state index is 0.317. The van der Waals surface area contributed by atoms with Gasteiger partial charge >= 0.3 is 0 Å². The number of nitrogens with two attached hydrogens (primary N) is 1. The summed E-state index contributed by atoms with van der Waals surface area (Å²) in [4.78, 5) is 4.37. The van der Waals surface area contributed by atoms with Crippen molar-refractivity contribution in [3.05, 3.63) is 30.5 Å². The summed E-state index contributed by atoms with van der Waals surface area (Å²) < 4.78 is 6.27. The number of nitrogens with zero attached hydrogens (tertiary/aromatic N) is 1. The highest BCUT2D eigenvalue weighted by atomic mass is 16.5. The summed E-state index contributed by atoms with van der Waals surface area (Å²) in [7, 11) is 0. The lowest BCUT2D eigenvalue weighted by molar-refractivity contribution is 0.102. The summed E-state index contributed by atoms with van der Waals surface area (Å²) in [6.07, 6.45) is 5.71. The van der Waals surface area contributed by atoms with Crippen LogP contribution in [0, 0.1) is 11.8 Å². The van der Waals surface area contributed by atoms with Crippen LogP contribution in [0.1, 0.15) is 33.1 Å². The van der Waals surface area contributed by atoms with E-state index in [4.69, 9.17) is 10.5 Å². The molecule has 1 saturated carbocycles. The Hall–Kier alpha value is -1.77. The summed E-state index contributed by atoms with van der Waals surface area (Å²) in [5, 5.41) is 1.05. The zero-order valence-electron chi connectivity index (χ0n) is 12.2. The first-order chi connectivity index (χ1) is 9.61. The van der Waals surface area contributed by atoms with Crippen molar-refractivity contribution in [1.29, 1.82) is 0 Å². The van der Waals surface area contributed by atoms with Crippen LogP contribution >= 0.6 is 0 Å². The number of anilines is 1. The molecule has 1 aliphatic carbocycles. The van der Waals surface area contributed by atoms with Crippen LogP contribution in [-0.4, -0.2) is 11.1 Å². The van der Waals surface area contributed by atoms with Crippen LogP contribution in [0.15, 0.2) is 30.5 Å². The predicted molar refractivity (Wildman–Crippen MR) is 82.8 cm³/mol. The van der Waals surface area contributed by atoms with E-state index in [1.807, 2.05) is 24.3 Å². The first kappa shape index (κ1) is 13.2. The van der Waals surface area contributed by atoms with Gasteiger partial charge in [-0.2, -0.15) is 0 Å². The van der Waals surface area contributed by atoms with E-state index < -0.39 is 0 Å². The van der Waals surface area contributed by atoms with Crippen LogP contribution in [-0.2, 0) is 0 Å². The molecule has 0 radical (unpaired) electrons. The number of rotatable bonds is 2. The van der Waals surface area contributed by atoms with Gasteiger partial charge in [0.15, 0.2) is 0 Å². The molecular formula is C17H22N2O. The molecule has 0 amide bonds. The summed E-state index contributed by atoms with van der Waals surface area (Å²) in [5.74, 6) is 2.42. The molecule has 106 valence electrons. The Balaban J connectivity index is 1.87. The van der Waals surface area contributed by atoms with Crippen molar-refractivity contribution >= 4 is 16.6 Å². The zero-order valence-corrected chi connectivity index (χ0v) is 12.2. The molecule has 1 aliphatic rings. The van der Waals surface area contributed by atoms with Crippen molar-refractivity contribution in [3.8, 4) is 5.75 Å². The fourth-order valence-electron chi connectivity index (χ4n) is 3.39.